The molecule has 1 N–H and O–H groups in total. The fraction of sp³-hybridized carbons (Fsp3) is 0.615. The van der Waals surface area contributed by atoms with Crippen molar-refractivity contribution >= 4 is 0 Å². The van der Waals surface area contributed by atoms with Crippen LogP contribution >= 0.6 is 0 Å². The van der Waals surface area contributed by atoms with Crippen LogP contribution in [0.4, 0.5) is 0 Å². The molecule has 2 atom stereocenters. The molecule has 2 unspecified atom stereocenters. The van der Waals surface area contributed by atoms with Crippen LogP contribution < -0.4 is 4.74 Å². The second-order valence-corrected chi connectivity index (χ2v) is 4.13. The van der Waals surface area contributed by atoms with Crippen LogP contribution in [0.3, 0.4) is 0 Å². The topological polar surface area (TPSA) is 42.4 Å². The summed E-state index contributed by atoms with van der Waals surface area (Å²) >= 11 is 0. The lowest BCUT2D eigenvalue weighted by atomic mass is 9.96. The van der Waals surface area contributed by atoms with Crippen molar-refractivity contribution in [2.45, 2.75) is 39.7 Å². The molecule has 0 spiro atoms. The number of ether oxygens (including phenoxy) is 1. The van der Waals surface area contributed by atoms with Gasteiger partial charge in [-0.25, -0.2) is 0 Å². The lowest BCUT2D eigenvalue weighted by Crippen LogP contribution is -2.08. The van der Waals surface area contributed by atoms with Gasteiger partial charge in [0.2, 0.25) is 0 Å². The van der Waals surface area contributed by atoms with Gasteiger partial charge in [0.05, 0.1) is 18.9 Å². The van der Waals surface area contributed by atoms with Crippen molar-refractivity contribution in [2.24, 2.45) is 5.92 Å². The van der Waals surface area contributed by atoms with Crippen molar-refractivity contribution in [3.63, 3.8) is 0 Å². The van der Waals surface area contributed by atoms with E-state index in [9.17, 15) is 5.11 Å². The van der Waals surface area contributed by atoms with Gasteiger partial charge in [-0.3, -0.25) is 4.98 Å². The molecule has 0 amide bonds. The average Bonchev–Trinajstić information content (AvgIpc) is 2.34. The minimum Gasteiger partial charge on any atom is -0.492 e. The number of pyridine rings is 1. The molecule has 1 heterocycles. The van der Waals surface area contributed by atoms with E-state index in [-0.39, 0.29) is 5.92 Å². The summed E-state index contributed by atoms with van der Waals surface area (Å²) in [6.07, 6.45) is 4.85. The highest BCUT2D eigenvalue weighted by molar-refractivity contribution is 5.25. The van der Waals surface area contributed by atoms with E-state index < -0.39 is 6.10 Å². The Hall–Kier alpha value is -1.09. The number of hydrogen-bond donors (Lipinski definition) is 1. The van der Waals surface area contributed by atoms with Gasteiger partial charge in [0.1, 0.15) is 5.75 Å². The van der Waals surface area contributed by atoms with E-state index in [0.29, 0.717) is 6.61 Å². The molecule has 0 saturated carbocycles. The highest BCUT2D eigenvalue weighted by atomic mass is 16.5. The van der Waals surface area contributed by atoms with E-state index in [4.69, 9.17) is 4.74 Å². The summed E-state index contributed by atoms with van der Waals surface area (Å²) in [6, 6.07) is 1.87. The predicted octanol–water partition coefficient (Wildman–Crippen LogP) is 2.95. The molecule has 0 aliphatic rings. The van der Waals surface area contributed by atoms with Gasteiger partial charge in [0, 0.05) is 11.8 Å². The Kier molecular flexibility index (Phi) is 5.26. The third-order valence-electron chi connectivity index (χ3n) is 2.73. The molecule has 0 aliphatic carbocycles. The third-order valence-corrected chi connectivity index (χ3v) is 2.73. The summed E-state index contributed by atoms with van der Waals surface area (Å²) in [5, 5.41) is 10.0. The van der Waals surface area contributed by atoms with Crippen LogP contribution in [0.25, 0.3) is 0 Å². The minimum absolute atomic E-state index is 0.239. The monoisotopic (exact) mass is 223 g/mol. The van der Waals surface area contributed by atoms with Crippen molar-refractivity contribution in [1.82, 2.24) is 4.98 Å². The minimum atomic E-state index is -0.456. The first-order chi connectivity index (χ1) is 7.69. The Bertz CT molecular complexity index is 315. The van der Waals surface area contributed by atoms with Gasteiger partial charge >= 0.3 is 0 Å². The molecular formula is C13H21NO2. The van der Waals surface area contributed by atoms with Crippen LogP contribution in [0, 0.1) is 5.92 Å². The van der Waals surface area contributed by atoms with Gasteiger partial charge in [0.25, 0.3) is 0 Å². The smallest absolute Gasteiger partial charge is 0.137 e. The molecule has 0 aromatic carbocycles. The van der Waals surface area contributed by atoms with Crippen molar-refractivity contribution in [2.75, 3.05) is 6.61 Å². The maximum absolute atomic E-state index is 10.0. The lowest BCUT2D eigenvalue weighted by molar-refractivity contribution is 0.115. The first-order valence-corrected chi connectivity index (χ1v) is 5.94. The summed E-state index contributed by atoms with van der Waals surface area (Å²) in [5.41, 5.74) is 0.836. The van der Waals surface area contributed by atoms with Gasteiger partial charge in [-0.2, -0.15) is 0 Å². The Morgan fingerprint density at radius 1 is 1.38 bits per heavy atom. The maximum atomic E-state index is 10.0. The lowest BCUT2D eigenvalue weighted by Gasteiger charge is -2.17. The number of aliphatic hydroxyl groups is 1. The molecule has 1 aromatic rings. The van der Waals surface area contributed by atoms with Crippen molar-refractivity contribution in [1.29, 1.82) is 0 Å². The number of rotatable bonds is 6. The third kappa shape index (κ3) is 3.49. The summed E-state index contributed by atoms with van der Waals surface area (Å²) in [5.74, 6) is 0.977. The highest BCUT2D eigenvalue weighted by Crippen LogP contribution is 2.25. The Morgan fingerprint density at radius 2 is 2.12 bits per heavy atom. The van der Waals surface area contributed by atoms with Crippen LogP contribution in [0.2, 0.25) is 0 Å². The second-order valence-electron chi connectivity index (χ2n) is 4.13. The molecule has 1 rings (SSSR count). The molecule has 0 saturated heterocycles. The van der Waals surface area contributed by atoms with E-state index in [2.05, 4.69) is 18.8 Å². The van der Waals surface area contributed by atoms with Crippen LogP contribution in [0.1, 0.15) is 45.3 Å². The van der Waals surface area contributed by atoms with Gasteiger partial charge in [0.15, 0.2) is 0 Å². The summed E-state index contributed by atoms with van der Waals surface area (Å²) in [7, 11) is 0. The zero-order chi connectivity index (χ0) is 12.0. The second kappa shape index (κ2) is 6.48. The number of hydrogen-bond acceptors (Lipinski definition) is 3. The fourth-order valence-corrected chi connectivity index (χ4v) is 1.45. The van der Waals surface area contributed by atoms with Crippen LogP contribution in [-0.2, 0) is 0 Å². The molecule has 0 fully saturated rings. The first-order valence-electron chi connectivity index (χ1n) is 5.94. The largest absolute Gasteiger partial charge is 0.492 e. The standard InChI is InChI=1S/C13H21NO2/c1-4-6-16-12-7-11(8-14-9-12)13(15)10(3)5-2/h7-10,13,15H,4-6H2,1-3H3. The number of aromatic nitrogens is 1. The Labute approximate surface area is 97.5 Å². The van der Waals surface area contributed by atoms with Gasteiger partial charge in [-0.1, -0.05) is 27.2 Å². The molecule has 3 nitrogen and oxygen atoms in total. The summed E-state index contributed by atoms with van der Waals surface area (Å²) < 4.78 is 5.49. The molecular weight excluding hydrogens is 202 g/mol. The fourth-order valence-electron chi connectivity index (χ4n) is 1.45. The molecule has 0 bridgehead atoms. The van der Waals surface area contributed by atoms with Crippen molar-refractivity contribution < 1.29 is 9.84 Å². The molecule has 0 aliphatic heterocycles. The predicted molar refractivity (Wildman–Crippen MR) is 64.4 cm³/mol. The average molecular weight is 223 g/mol. The summed E-state index contributed by atoms with van der Waals surface area (Å²) in [4.78, 5) is 4.09. The van der Waals surface area contributed by atoms with Crippen molar-refractivity contribution in [3.8, 4) is 5.75 Å². The van der Waals surface area contributed by atoms with Crippen LogP contribution in [0.5, 0.6) is 5.75 Å². The van der Waals surface area contributed by atoms with E-state index in [1.165, 1.54) is 0 Å². The van der Waals surface area contributed by atoms with E-state index >= 15 is 0 Å². The molecule has 16 heavy (non-hydrogen) atoms. The van der Waals surface area contributed by atoms with E-state index in [0.717, 1.165) is 24.2 Å². The normalized spacial score (nSPS) is 14.5. The number of aliphatic hydroxyl groups excluding tert-OH is 1. The zero-order valence-corrected chi connectivity index (χ0v) is 10.3. The van der Waals surface area contributed by atoms with E-state index in [1.54, 1.807) is 12.4 Å². The first kappa shape index (κ1) is 13.0. The van der Waals surface area contributed by atoms with Crippen molar-refractivity contribution in [3.05, 3.63) is 24.0 Å². The molecule has 1 aromatic heterocycles. The van der Waals surface area contributed by atoms with Gasteiger partial charge in [-0.15, -0.1) is 0 Å². The highest BCUT2D eigenvalue weighted by Gasteiger charge is 2.15. The molecule has 3 heteroatoms. The van der Waals surface area contributed by atoms with Gasteiger partial charge in [-0.05, 0) is 18.4 Å². The van der Waals surface area contributed by atoms with Crippen LogP contribution in [-0.4, -0.2) is 16.7 Å². The Morgan fingerprint density at radius 3 is 2.75 bits per heavy atom. The van der Waals surface area contributed by atoms with Crippen LogP contribution in [0.15, 0.2) is 18.5 Å². The van der Waals surface area contributed by atoms with E-state index in [1.807, 2.05) is 13.0 Å². The maximum Gasteiger partial charge on any atom is 0.137 e. The molecule has 0 radical (unpaired) electrons. The summed E-state index contributed by atoms with van der Waals surface area (Å²) in [6.45, 7) is 6.85. The SMILES string of the molecule is CCCOc1cncc(C(O)C(C)CC)c1. The Balaban J connectivity index is 2.73. The quantitative estimate of drug-likeness (QED) is 0.806. The molecule has 90 valence electrons. The number of nitrogens with zero attached hydrogens (tertiary/aromatic N) is 1. The van der Waals surface area contributed by atoms with Gasteiger partial charge < -0.3 is 9.84 Å². The zero-order valence-electron chi connectivity index (χ0n) is 10.3.